The van der Waals surface area contributed by atoms with Crippen molar-refractivity contribution >= 4 is 17.9 Å². The van der Waals surface area contributed by atoms with E-state index < -0.39 is 0 Å². The standard InChI is InChI=1S/C18H18N2O5/c1-20(11-17(21)19-10-14-3-2-8-23-14)18(22)7-5-13-4-6-15-16(9-13)25-12-24-15/h2-9H,10-12H2,1H3,(H,19,21). The molecule has 1 aromatic carbocycles. The minimum atomic E-state index is -0.272. The summed E-state index contributed by atoms with van der Waals surface area (Å²) >= 11 is 0. The van der Waals surface area contributed by atoms with E-state index in [4.69, 9.17) is 13.9 Å². The van der Waals surface area contributed by atoms with E-state index in [2.05, 4.69) is 5.32 Å². The highest BCUT2D eigenvalue weighted by molar-refractivity contribution is 5.94. The summed E-state index contributed by atoms with van der Waals surface area (Å²) in [6, 6.07) is 8.93. The first-order valence-electron chi connectivity index (χ1n) is 7.74. The fourth-order valence-electron chi connectivity index (χ4n) is 2.26. The molecule has 25 heavy (non-hydrogen) atoms. The van der Waals surface area contributed by atoms with Crippen LogP contribution in [0.5, 0.6) is 11.5 Å². The first-order valence-corrected chi connectivity index (χ1v) is 7.74. The van der Waals surface area contributed by atoms with E-state index in [0.29, 0.717) is 23.8 Å². The van der Waals surface area contributed by atoms with Crippen LogP contribution in [0.3, 0.4) is 0 Å². The Hall–Kier alpha value is -3.22. The molecule has 130 valence electrons. The molecule has 3 rings (SSSR count). The van der Waals surface area contributed by atoms with E-state index in [9.17, 15) is 9.59 Å². The molecule has 2 aromatic rings. The van der Waals surface area contributed by atoms with Crippen LogP contribution >= 0.6 is 0 Å². The highest BCUT2D eigenvalue weighted by atomic mass is 16.7. The van der Waals surface area contributed by atoms with Gasteiger partial charge in [-0.3, -0.25) is 9.59 Å². The number of hydrogen-bond acceptors (Lipinski definition) is 5. The van der Waals surface area contributed by atoms with Gasteiger partial charge >= 0.3 is 0 Å². The molecule has 0 fully saturated rings. The molecule has 0 saturated carbocycles. The topological polar surface area (TPSA) is 81.0 Å². The van der Waals surface area contributed by atoms with Gasteiger partial charge in [0, 0.05) is 13.1 Å². The minimum absolute atomic E-state index is 0.0367. The molecule has 0 unspecified atom stereocenters. The third-order valence-electron chi connectivity index (χ3n) is 3.61. The molecule has 0 atom stereocenters. The summed E-state index contributed by atoms with van der Waals surface area (Å²) in [6.45, 7) is 0.462. The summed E-state index contributed by atoms with van der Waals surface area (Å²) in [5.74, 6) is 1.47. The number of carbonyl (C=O) groups is 2. The molecular formula is C18H18N2O5. The lowest BCUT2D eigenvalue weighted by Gasteiger charge is -2.14. The van der Waals surface area contributed by atoms with Gasteiger partial charge in [0.2, 0.25) is 18.6 Å². The summed E-state index contributed by atoms with van der Waals surface area (Å²) in [7, 11) is 1.57. The van der Waals surface area contributed by atoms with Crippen LogP contribution in [0.2, 0.25) is 0 Å². The highest BCUT2D eigenvalue weighted by Gasteiger charge is 2.13. The van der Waals surface area contributed by atoms with Gasteiger partial charge < -0.3 is 24.1 Å². The molecular weight excluding hydrogens is 324 g/mol. The predicted molar refractivity (Wildman–Crippen MR) is 89.8 cm³/mol. The second kappa shape index (κ2) is 7.57. The molecule has 0 aliphatic carbocycles. The molecule has 2 amide bonds. The van der Waals surface area contributed by atoms with Crippen molar-refractivity contribution in [2.45, 2.75) is 6.54 Å². The second-order valence-corrected chi connectivity index (χ2v) is 5.50. The Labute approximate surface area is 144 Å². The summed E-state index contributed by atoms with van der Waals surface area (Å²) in [5.41, 5.74) is 0.813. The number of fused-ring (bicyclic) bond motifs is 1. The third kappa shape index (κ3) is 4.41. The number of nitrogens with zero attached hydrogens (tertiary/aromatic N) is 1. The maximum absolute atomic E-state index is 12.1. The molecule has 7 nitrogen and oxygen atoms in total. The van der Waals surface area contributed by atoms with Gasteiger partial charge in [0.05, 0.1) is 19.4 Å². The summed E-state index contributed by atoms with van der Waals surface area (Å²) in [4.78, 5) is 25.3. The molecule has 0 radical (unpaired) electrons. The van der Waals surface area contributed by atoms with Crippen LogP contribution in [0.25, 0.3) is 6.08 Å². The van der Waals surface area contributed by atoms with E-state index in [1.807, 2.05) is 6.07 Å². The van der Waals surface area contributed by atoms with Crippen LogP contribution in [0.4, 0.5) is 0 Å². The Morgan fingerprint density at radius 3 is 2.88 bits per heavy atom. The fourth-order valence-corrected chi connectivity index (χ4v) is 2.26. The van der Waals surface area contributed by atoms with Gasteiger partial charge in [0.1, 0.15) is 5.76 Å². The Kier molecular flexibility index (Phi) is 5.03. The number of rotatable bonds is 6. The quantitative estimate of drug-likeness (QED) is 0.810. The van der Waals surface area contributed by atoms with Crippen LogP contribution < -0.4 is 14.8 Å². The molecule has 0 saturated heterocycles. The molecule has 1 aliphatic heterocycles. The molecule has 1 aliphatic rings. The average molecular weight is 342 g/mol. The van der Waals surface area contributed by atoms with Gasteiger partial charge in [-0.05, 0) is 35.9 Å². The second-order valence-electron chi connectivity index (χ2n) is 5.50. The summed E-state index contributed by atoms with van der Waals surface area (Å²) in [5, 5.41) is 2.69. The number of carbonyl (C=O) groups excluding carboxylic acids is 2. The van der Waals surface area contributed by atoms with Crippen LogP contribution in [0.15, 0.2) is 47.1 Å². The molecule has 0 bridgehead atoms. The zero-order valence-electron chi connectivity index (χ0n) is 13.7. The Morgan fingerprint density at radius 2 is 2.08 bits per heavy atom. The van der Waals surface area contributed by atoms with Crippen LogP contribution in [-0.4, -0.2) is 37.1 Å². The molecule has 7 heteroatoms. The number of hydrogen-bond donors (Lipinski definition) is 1. The van der Waals surface area contributed by atoms with Crippen molar-refractivity contribution in [2.24, 2.45) is 0 Å². The van der Waals surface area contributed by atoms with Crippen molar-refractivity contribution < 1.29 is 23.5 Å². The number of furan rings is 1. The van der Waals surface area contributed by atoms with Gasteiger partial charge in [0.15, 0.2) is 11.5 Å². The largest absolute Gasteiger partial charge is 0.467 e. The first kappa shape index (κ1) is 16.6. The third-order valence-corrected chi connectivity index (χ3v) is 3.61. The van der Waals surface area contributed by atoms with Crippen LogP contribution in [-0.2, 0) is 16.1 Å². The maximum Gasteiger partial charge on any atom is 0.246 e. The van der Waals surface area contributed by atoms with Gasteiger partial charge in [-0.25, -0.2) is 0 Å². The van der Waals surface area contributed by atoms with E-state index in [1.54, 1.807) is 37.4 Å². The normalized spacial score (nSPS) is 12.4. The fraction of sp³-hybridized carbons (Fsp3) is 0.222. The van der Waals surface area contributed by atoms with Crippen molar-refractivity contribution in [3.05, 3.63) is 54.0 Å². The van der Waals surface area contributed by atoms with Crippen molar-refractivity contribution in [2.75, 3.05) is 20.4 Å². The van der Waals surface area contributed by atoms with Gasteiger partial charge in [-0.15, -0.1) is 0 Å². The van der Waals surface area contributed by atoms with Crippen molar-refractivity contribution in [3.63, 3.8) is 0 Å². The van der Waals surface area contributed by atoms with Crippen molar-refractivity contribution in [1.82, 2.24) is 10.2 Å². The maximum atomic E-state index is 12.1. The van der Waals surface area contributed by atoms with E-state index in [0.717, 1.165) is 5.56 Å². The SMILES string of the molecule is CN(CC(=O)NCc1ccco1)C(=O)C=Cc1ccc2c(c1)OCO2. The van der Waals surface area contributed by atoms with E-state index >= 15 is 0 Å². The Morgan fingerprint density at radius 1 is 1.24 bits per heavy atom. The van der Waals surface area contributed by atoms with Crippen LogP contribution in [0, 0.1) is 0 Å². The lowest BCUT2D eigenvalue weighted by molar-refractivity contribution is -0.131. The zero-order chi connectivity index (χ0) is 17.6. The molecule has 0 spiro atoms. The monoisotopic (exact) mass is 342 g/mol. The van der Waals surface area contributed by atoms with Gasteiger partial charge in [0.25, 0.3) is 0 Å². The van der Waals surface area contributed by atoms with Crippen molar-refractivity contribution in [3.8, 4) is 11.5 Å². The molecule has 1 aromatic heterocycles. The number of ether oxygens (including phenoxy) is 2. The van der Waals surface area contributed by atoms with Gasteiger partial charge in [-0.2, -0.15) is 0 Å². The van der Waals surface area contributed by atoms with Crippen LogP contribution in [0.1, 0.15) is 11.3 Å². The lowest BCUT2D eigenvalue weighted by Crippen LogP contribution is -2.37. The Bertz CT molecular complexity index is 783. The van der Waals surface area contributed by atoms with E-state index in [1.165, 1.54) is 17.2 Å². The Balaban J connectivity index is 1.49. The lowest BCUT2D eigenvalue weighted by atomic mass is 10.2. The summed E-state index contributed by atoms with van der Waals surface area (Å²) in [6.07, 6.45) is 4.62. The number of likely N-dealkylation sites (N-methyl/N-ethyl adjacent to an activating group) is 1. The smallest absolute Gasteiger partial charge is 0.246 e. The average Bonchev–Trinajstić information content (AvgIpc) is 3.28. The predicted octanol–water partition coefficient (Wildman–Crippen LogP) is 1.80. The zero-order valence-corrected chi connectivity index (χ0v) is 13.7. The van der Waals surface area contributed by atoms with Crippen molar-refractivity contribution in [1.29, 1.82) is 0 Å². The molecule has 2 heterocycles. The highest BCUT2D eigenvalue weighted by Crippen LogP contribution is 2.32. The van der Waals surface area contributed by atoms with Gasteiger partial charge in [-0.1, -0.05) is 6.07 Å². The summed E-state index contributed by atoms with van der Waals surface area (Å²) < 4.78 is 15.7. The number of benzene rings is 1. The number of amides is 2. The molecule has 1 N–H and O–H groups in total. The van der Waals surface area contributed by atoms with E-state index in [-0.39, 0.29) is 25.2 Å². The minimum Gasteiger partial charge on any atom is -0.467 e. The first-order chi connectivity index (χ1) is 12.1. The number of nitrogens with one attached hydrogen (secondary N) is 1.